The van der Waals surface area contributed by atoms with E-state index in [2.05, 4.69) is 0 Å². The standard InChI is InChI=1S/C15H19F3O4/c1-4-12(14(19)21-5-2)22-13(15(16,17)18)10-6-8-11(20-3)9-7-10/h6-9,12-13H,4-5H2,1-3H3. The molecule has 2 atom stereocenters. The number of carbonyl (C=O) groups excluding carboxylic acids is 1. The van der Waals surface area contributed by atoms with Crippen molar-refractivity contribution in [1.29, 1.82) is 0 Å². The molecule has 0 bridgehead atoms. The van der Waals surface area contributed by atoms with Crippen molar-refractivity contribution >= 4 is 5.97 Å². The van der Waals surface area contributed by atoms with Gasteiger partial charge in [0.2, 0.25) is 0 Å². The predicted molar refractivity (Wildman–Crippen MR) is 73.6 cm³/mol. The van der Waals surface area contributed by atoms with Crippen molar-refractivity contribution in [2.24, 2.45) is 0 Å². The van der Waals surface area contributed by atoms with Crippen molar-refractivity contribution in [3.63, 3.8) is 0 Å². The Morgan fingerprint density at radius 1 is 1.18 bits per heavy atom. The van der Waals surface area contributed by atoms with E-state index in [4.69, 9.17) is 14.2 Å². The summed E-state index contributed by atoms with van der Waals surface area (Å²) < 4.78 is 54.3. The normalized spacial score (nSPS) is 14.3. The topological polar surface area (TPSA) is 44.8 Å². The molecule has 124 valence electrons. The Morgan fingerprint density at radius 3 is 2.18 bits per heavy atom. The number of carbonyl (C=O) groups is 1. The number of benzene rings is 1. The molecule has 0 aliphatic heterocycles. The quantitative estimate of drug-likeness (QED) is 0.719. The van der Waals surface area contributed by atoms with Crippen LogP contribution in [0.5, 0.6) is 5.75 Å². The zero-order valence-corrected chi connectivity index (χ0v) is 12.6. The van der Waals surface area contributed by atoms with Gasteiger partial charge in [0.05, 0.1) is 13.7 Å². The number of ether oxygens (including phenoxy) is 3. The lowest BCUT2D eigenvalue weighted by Crippen LogP contribution is -2.33. The molecule has 0 saturated heterocycles. The van der Waals surface area contributed by atoms with E-state index in [0.717, 1.165) is 0 Å². The molecule has 0 heterocycles. The van der Waals surface area contributed by atoms with Gasteiger partial charge in [0.25, 0.3) is 0 Å². The van der Waals surface area contributed by atoms with Crippen LogP contribution in [0.15, 0.2) is 24.3 Å². The summed E-state index contributed by atoms with van der Waals surface area (Å²) in [6.07, 6.45) is -8.03. The van der Waals surface area contributed by atoms with Crippen molar-refractivity contribution < 1.29 is 32.2 Å². The Balaban J connectivity index is 2.99. The first-order valence-electron chi connectivity index (χ1n) is 6.86. The van der Waals surface area contributed by atoms with Crippen LogP contribution in [0, 0.1) is 0 Å². The third kappa shape index (κ3) is 4.91. The molecule has 7 heteroatoms. The number of methoxy groups -OCH3 is 1. The minimum atomic E-state index is -4.64. The summed E-state index contributed by atoms with van der Waals surface area (Å²) in [5.74, 6) is -0.366. The highest BCUT2D eigenvalue weighted by Crippen LogP contribution is 2.37. The Hall–Kier alpha value is -1.76. The minimum absolute atomic E-state index is 0.0813. The zero-order valence-electron chi connectivity index (χ0n) is 12.6. The van der Waals surface area contributed by atoms with Crippen molar-refractivity contribution in [3.05, 3.63) is 29.8 Å². The van der Waals surface area contributed by atoms with Gasteiger partial charge in [-0.05, 0) is 31.0 Å². The van der Waals surface area contributed by atoms with E-state index in [9.17, 15) is 18.0 Å². The van der Waals surface area contributed by atoms with Crippen LogP contribution in [0.25, 0.3) is 0 Å². The summed E-state index contributed by atoms with van der Waals surface area (Å²) >= 11 is 0. The first-order valence-corrected chi connectivity index (χ1v) is 6.86. The largest absolute Gasteiger partial charge is 0.497 e. The molecule has 1 rings (SSSR count). The molecule has 0 saturated carbocycles. The molecule has 0 spiro atoms. The molecule has 4 nitrogen and oxygen atoms in total. The molecular weight excluding hydrogens is 301 g/mol. The van der Waals surface area contributed by atoms with Gasteiger partial charge in [-0.2, -0.15) is 13.2 Å². The van der Waals surface area contributed by atoms with Crippen molar-refractivity contribution in [3.8, 4) is 5.75 Å². The number of esters is 1. The van der Waals surface area contributed by atoms with E-state index in [-0.39, 0.29) is 18.6 Å². The fourth-order valence-electron chi connectivity index (χ4n) is 1.84. The molecule has 22 heavy (non-hydrogen) atoms. The lowest BCUT2D eigenvalue weighted by molar-refractivity contribution is -0.239. The van der Waals surface area contributed by atoms with E-state index in [1.54, 1.807) is 13.8 Å². The summed E-state index contributed by atoms with van der Waals surface area (Å²) in [4.78, 5) is 11.6. The average Bonchev–Trinajstić information content (AvgIpc) is 2.47. The Morgan fingerprint density at radius 2 is 1.77 bits per heavy atom. The predicted octanol–water partition coefficient (Wildman–Crippen LogP) is 3.66. The summed E-state index contributed by atoms with van der Waals surface area (Å²) in [7, 11) is 1.42. The molecule has 0 aliphatic carbocycles. The third-order valence-electron chi connectivity index (χ3n) is 2.94. The maximum Gasteiger partial charge on any atom is 0.418 e. The van der Waals surface area contributed by atoms with E-state index in [1.165, 1.54) is 31.4 Å². The van der Waals surface area contributed by atoms with E-state index in [1.807, 2.05) is 0 Å². The Labute approximate surface area is 127 Å². The molecule has 0 fully saturated rings. The second-order valence-corrected chi connectivity index (χ2v) is 4.48. The zero-order chi connectivity index (χ0) is 16.8. The molecule has 1 aromatic carbocycles. The fourth-order valence-corrected chi connectivity index (χ4v) is 1.84. The lowest BCUT2D eigenvalue weighted by atomic mass is 10.1. The molecule has 1 aromatic rings. The maximum atomic E-state index is 13.2. The maximum absolute atomic E-state index is 13.2. The third-order valence-corrected chi connectivity index (χ3v) is 2.94. The number of rotatable bonds is 7. The number of alkyl halides is 3. The van der Waals surface area contributed by atoms with Crippen LogP contribution in [-0.4, -0.2) is 32.0 Å². The highest BCUT2D eigenvalue weighted by molar-refractivity contribution is 5.74. The molecule has 0 aromatic heterocycles. The molecule has 0 radical (unpaired) electrons. The van der Waals surface area contributed by atoms with Crippen LogP contribution in [0.3, 0.4) is 0 Å². The van der Waals surface area contributed by atoms with Crippen LogP contribution in [0.4, 0.5) is 13.2 Å². The second-order valence-electron chi connectivity index (χ2n) is 4.48. The Kier molecular flexibility index (Phi) is 6.67. The molecule has 0 amide bonds. The van der Waals surface area contributed by atoms with Gasteiger partial charge in [0.1, 0.15) is 5.75 Å². The smallest absolute Gasteiger partial charge is 0.418 e. The van der Waals surface area contributed by atoms with Gasteiger partial charge in [-0.25, -0.2) is 4.79 Å². The highest BCUT2D eigenvalue weighted by atomic mass is 19.4. The minimum Gasteiger partial charge on any atom is -0.497 e. The van der Waals surface area contributed by atoms with Gasteiger partial charge >= 0.3 is 12.1 Å². The lowest BCUT2D eigenvalue weighted by Gasteiger charge is -2.25. The van der Waals surface area contributed by atoms with Gasteiger partial charge in [-0.15, -0.1) is 0 Å². The van der Waals surface area contributed by atoms with Crippen LogP contribution in [0.2, 0.25) is 0 Å². The van der Waals surface area contributed by atoms with E-state index < -0.39 is 24.4 Å². The van der Waals surface area contributed by atoms with Gasteiger partial charge < -0.3 is 14.2 Å². The molecule has 2 unspecified atom stereocenters. The molecule has 0 N–H and O–H groups in total. The monoisotopic (exact) mass is 320 g/mol. The summed E-state index contributed by atoms with van der Waals surface area (Å²) in [5.41, 5.74) is -0.101. The van der Waals surface area contributed by atoms with Crippen LogP contribution >= 0.6 is 0 Å². The van der Waals surface area contributed by atoms with E-state index in [0.29, 0.717) is 5.75 Å². The number of halogens is 3. The van der Waals surface area contributed by atoms with Gasteiger partial charge in [-0.1, -0.05) is 19.1 Å². The summed E-state index contributed by atoms with van der Waals surface area (Å²) in [5, 5.41) is 0. The van der Waals surface area contributed by atoms with E-state index >= 15 is 0 Å². The van der Waals surface area contributed by atoms with Crippen molar-refractivity contribution in [1.82, 2.24) is 0 Å². The SMILES string of the molecule is CCOC(=O)C(CC)OC(c1ccc(OC)cc1)C(F)(F)F. The summed E-state index contributed by atoms with van der Waals surface area (Å²) in [6.45, 7) is 3.22. The van der Waals surface area contributed by atoms with Crippen molar-refractivity contribution in [2.75, 3.05) is 13.7 Å². The number of hydrogen-bond donors (Lipinski definition) is 0. The number of hydrogen-bond acceptors (Lipinski definition) is 4. The van der Waals surface area contributed by atoms with Gasteiger partial charge in [-0.3, -0.25) is 0 Å². The highest BCUT2D eigenvalue weighted by Gasteiger charge is 2.44. The average molecular weight is 320 g/mol. The fraction of sp³-hybridized carbons (Fsp3) is 0.533. The Bertz CT molecular complexity index is 471. The van der Waals surface area contributed by atoms with Gasteiger partial charge in [0.15, 0.2) is 12.2 Å². The molecule has 0 aliphatic rings. The first kappa shape index (κ1) is 18.3. The van der Waals surface area contributed by atoms with Crippen LogP contribution < -0.4 is 4.74 Å². The molecular formula is C15H19F3O4. The summed E-state index contributed by atoms with van der Waals surface area (Å²) in [6, 6.07) is 5.33. The second kappa shape index (κ2) is 8.03. The van der Waals surface area contributed by atoms with Gasteiger partial charge in [0, 0.05) is 0 Å². The van der Waals surface area contributed by atoms with Crippen molar-refractivity contribution in [2.45, 2.75) is 38.7 Å². The van der Waals surface area contributed by atoms with Crippen LogP contribution in [-0.2, 0) is 14.3 Å². The first-order chi connectivity index (χ1) is 10.3. The van der Waals surface area contributed by atoms with Crippen LogP contribution in [0.1, 0.15) is 31.9 Å².